The first-order valence-electron chi connectivity index (χ1n) is 10.4. The highest BCUT2D eigenvalue weighted by molar-refractivity contribution is 6.04. The van der Waals surface area contributed by atoms with E-state index < -0.39 is 11.6 Å². The van der Waals surface area contributed by atoms with Gasteiger partial charge in [0.1, 0.15) is 17.5 Å². The molecule has 8 heteroatoms. The van der Waals surface area contributed by atoms with Crippen molar-refractivity contribution in [2.24, 2.45) is 0 Å². The van der Waals surface area contributed by atoms with Crippen LogP contribution in [0.3, 0.4) is 0 Å². The summed E-state index contributed by atoms with van der Waals surface area (Å²) in [5.74, 6) is -0.628. The van der Waals surface area contributed by atoms with Crippen LogP contribution in [0.1, 0.15) is 11.1 Å². The molecule has 0 radical (unpaired) electrons. The SMILES string of the molecule is N#Cc1cc(F)ccc1Cn1c(-c2ccnc(N)c2)c(-c2ccc(F)cc2)c2c(=O)[nH]ccc21. The van der Waals surface area contributed by atoms with Gasteiger partial charge in [-0.25, -0.2) is 13.8 Å². The number of pyridine rings is 2. The van der Waals surface area contributed by atoms with E-state index in [9.17, 15) is 18.8 Å². The van der Waals surface area contributed by atoms with E-state index in [4.69, 9.17) is 5.73 Å². The van der Waals surface area contributed by atoms with E-state index in [1.807, 2.05) is 10.6 Å². The molecule has 3 aromatic heterocycles. The van der Waals surface area contributed by atoms with Gasteiger partial charge in [-0.1, -0.05) is 18.2 Å². The van der Waals surface area contributed by atoms with Gasteiger partial charge < -0.3 is 15.3 Å². The minimum Gasteiger partial charge on any atom is -0.384 e. The van der Waals surface area contributed by atoms with Gasteiger partial charge in [0.05, 0.1) is 28.2 Å². The highest BCUT2D eigenvalue weighted by atomic mass is 19.1. The molecule has 5 rings (SSSR count). The van der Waals surface area contributed by atoms with Crippen molar-refractivity contribution in [3.05, 3.63) is 106 Å². The van der Waals surface area contributed by atoms with Crippen molar-refractivity contribution in [2.45, 2.75) is 6.54 Å². The van der Waals surface area contributed by atoms with E-state index in [-0.39, 0.29) is 23.5 Å². The average Bonchev–Trinajstić information content (AvgIpc) is 3.16. The van der Waals surface area contributed by atoms with Gasteiger partial charge in [0.15, 0.2) is 0 Å². The Bertz CT molecular complexity index is 1650. The normalized spacial score (nSPS) is 11.0. The number of nitrogen functional groups attached to an aromatic ring is 1. The molecule has 0 atom stereocenters. The molecule has 0 unspecified atom stereocenters. The topological polar surface area (TPSA) is 100 Å². The number of nitrogens with zero attached hydrogens (tertiary/aromatic N) is 3. The quantitative estimate of drug-likeness (QED) is 0.407. The van der Waals surface area contributed by atoms with E-state index in [1.165, 1.54) is 30.5 Å². The Morgan fingerprint density at radius 1 is 1.00 bits per heavy atom. The van der Waals surface area contributed by atoms with Gasteiger partial charge in [-0.3, -0.25) is 4.79 Å². The summed E-state index contributed by atoms with van der Waals surface area (Å²) < 4.78 is 29.4. The molecule has 0 aliphatic heterocycles. The summed E-state index contributed by atoms with van der Waals surface area (Å²) in [6, 6.07) is 17.1. The first-order valence-corrected chi connectivity index (χ1v) is 10.4. The van der Waals surface area contributed by atoms with E-state index >= 15 is 0 Å². The van der Waals surface area contributed by atoms with Crippen molar-refractivity contribution in [1.82, 2.24) is 14.5 Å². The number of H-pyrrole nitrogens is 1. The summed E-state index contributed by atoms with van der Waals surface area (Å²) >= 11 is 0. The van der Waals surface area contributed by atoms with Crippen molar-refractivity contribution in [1.29, 1.82) is 5.26 Å². The third-order valence-electron chi connectivity index (χ3n) is 5.69. The van der Waals surface area contributed by atoms with Crippen LogP contribution in [0.4, 0.5) is 14.6 Å². The number of rotatable bonds is 4. The number of nitrogens with one attached hydrogen (secondary N) is 1. The average molecular weight is 453 g/mol. The lowest BCUT2D eigenvalue weighted by Gasteiger charge is -2.14. The number of aromatic nitrogens is 3. The molecule has 166 valence electrons. The van der Waals surface area contributed by atoms with E-state index in [1.54, 1.807) is 42.6 Å². The van der Waals surface area contributed by atoms with Crippen LogP contribution < -0.4 is 11.3 Å². The van der Waals surface area contributed by atoms with E-state index in [0.29, 0.717) is 38.9 Å². The standard InChI is InChI=1S/C26H17F2N5O/c27-19-4-1-15(2-5-19)23-24-21(8-10-32-26(24)34)33(25(23)16-7-9-31-22(30)12-16)14-17-3-6-20(28)11-18(17)13-29/h1-12H,14H2,(H2,30,31)(H,32,34). The second-order valence-electron chi connectivity index (χ2n) is 7.77. The highest BCUT2D eigenvalue weighted by Gasteiger charge is 2.23. The minimum atomic E-state index is -0.511. The van der Waals surface area contributed by atoms with Gasteiger partial charge in [0, 0.05) is 30.1 Å². The van der Waals surface area contributed by atoms with Crippen LogP contribution in [-0.2, 0) is 6.54 Å². The number of anilines is 1. The summed E-state index contributed by atoms with van der Waals surface area (Å²) in [6.07, 6.45) is 3.10. The number of nitrogens with two attached hydrogens (primary N) is 1. The summed E-state index contributed by atoms with van der Waals surface area (Å²) in [5.41, 5.74) is 9.56. The Hall–Kier alpha value is -4.77. The van der Waals surface area contributed by atoms with Crippen LogP contribution in [0, 0.1) is 23.0 Å². The van der Waals surface area contributed by atoms with Crippen LogP contribution >= 0.6 is 0 Å². The van der Waals surface area contributed by atoms with E-state index in [0.717, 1.165) is 0 Å². The molecule has 0 aliphatic rings. The molecule has 5 aromatic rings. The molecule has 0 fully saturated rings. The summed E-state index contributed by atoms with van der Waals surface area (Å²) in [6.45, 7) is 0.182. The second-order valence-corrected chi connectivity index (χ2v) is 7.77. The molecule has 0 amide bonds. The Morgan fingerprint density at radius 2 is 1.76 bits per heavy atom. The Labute approximate surface area is 192 Å². The van der Waals surface area contributed by atoms with Gasteiger partial charge in [0.25, 0.3) is 5.56 Å². The first kappa shape index (κ1) is 21.1. The van der Waals surface area contributed by atoms with Crippen molar-refractivity contribution in [3.63, 3.8) is 0 Å². The number of aromatic amines is 1. The van der Waals surface area contributed by atoms with Gasteiger partial charge in [-0.05, 0) is 53.6 Å². The number of halogens is 2. The van der Waals surface area contributed by atoms with Gasteiger partial charge in [0.2, 0.25) is 0 Å². The molecule has 2 aromatic carbocycles. The lowest BCUT2D eigenvalue weighted by Crippen LogP contribution is -2.07. The molecule has 0 spiro atoms. The zero-order valence-electron chi connectivity index (χ0n) is 17.7. The fourth-order valence-corrected chi connectivity index (χ4v) is 4.23. The summed E-state index contributed by atoms with van der Waals surface area (Å²) in [7, 11) is 0. The number of nitriles is 1. The van der Waals surface area contributed by atoms with Gasteiger partial charge >= 0.3 is 0 Å². The number of fused-ring (bicyclic) bond motifs is 1. The summed E-state index contributed by atoms with van der Waals surface area (Å²) in [4.78, 5) is 19.8. The van der Waals surface area contributed by atoms with E-state index in [2.05, 4.69) is 9.97 Å². The lowest BCUT2D eigenvalue weighted by molar-refractivity contribution is 0.625. The van der Waals surface area contributed by atoms with Gasteiger partial charge in [-0.2, -0.15) is 5.26 Å². The molecule has 0 bridgehead atoms. The Kier molecular flexibility index (Phi) is 5.15. The van der Waals surface area contributed by atoms with Crippen molar-refractivity contribution in [2.75, 3.05) is 5.73 Å². The molecule has 3 N–H and O–H groups in total. The molecule has 3 heterocycles. The first-order chi connectivity index (χ1) is 16.5. The molecule has 6 nitrogen and oxygen atoms in total. The molecular formula is C26H17F2N5O. The van der Waals surface area contributed by atoms with Crippen LogP contribution in [0.2, 0.25) is 0 Å². The zero-order chi connectivity index (χ0) is 23.8. The number of hydrogen-bond donors (Lipinski definition) is 2. The largest absolute Gasteiger partial charge is 0.384 e. The molecule has 0 saturated heterocycles. The molecule has 0 saturated carbocycles. The Morgan fingerprint density at radius 3 is 2.50 bits per heavy atom. The van der Waals surface area contributed by atoms with Crippen molar-refractivity contribution >= 4 is 16.7 Å². The lowest BCUT2D eigenvalue weighted by atomic mass is 9.99. The van der Waals surface area contributed by atoms with Crippen LogP contribution in [-0.4, -0.2) is 14.5 Å². The molecular weight excluding hydrogens is 436 g/mol. The van der Waals surface area contributed by atoms with Crippen LogP contribution in [0.5, 0.6) is 0 Å². The van der Waals surface area contributed by atoms with Gasteiger partial charge in [-0.15, -0.1) is 0 Å². The van der Waals surface area contributed by atoms with Crippen LogP contribution in [0.25, 0.3) is 33.3 Å². The third-order valence-corrected chi connectivity index (χ3v) is 5.69. The molecule has 0 aliphatic carbocycles. The third kappa shape index (κ3) is 3.59. The predicted molar refractivity (Wildman–Crippen MR) is 126 cm³/mol. The predicted octanol–water partition coefficient (Wildman–Crippen LogP) is 4.84. The smallest absolute Gasteiger partial charge is 0.258 e. The van der Waals surface area contributed by atoms with Crippen LogP contribution in [0.15, 0.2) is 77.9 Å². The number of hydrogen-bond acceptors (Lipinski definition) is 4. The maximum absolute atomic E-state index is 13.8. The molecule has 34 heavy (non-hydrogen) atoms. The minimum absolute atomic E-state index is 0.182. The summed E-state index contributed by atoms with van der Waals surface area (Å²) in [5, 5.41) is 9.97. The fraction of sp³-hybridized carbons (Fsp3) is 0.0385. The second kappa shape index (κ2) is 8.30. The maximum Gasteiger partial charge on any atom is 0.258 e. The zero-order valence-corrected chi connectivity index (χ0v) is 17.7. The monoisotopic (exact) mass is 453 g/mol. The fourth-order valence-electron chi connectivity index (χ4n) is 4.23. The Balaban J connectivity index is 1.90. The van der Waals surface area contributed by atoms with Crippen molar-refractivity contribution in [3.8, 4) is 28.5 Å². The highest BCUT2D eigenvalue weighted by Crippen LogP contribution is 2.40. The number of benzene rings is 2. The maximum atomic E-state index is 13.8. The van der Waals surface area contributed by atoms with Crippen molar-refractivity contribution < 1.29 is 8.78 Å².